The number of amides is 1. The summed E-state index contributed by atoms with van der Waals surface area (Å²) in [6.45, 7) is 6.20. The summed E-state index contributed by atoms with van der Waals surface area (Å²) < 4.78 is 0. The van der Waals surface area contributed by atoms with E-state index >= 15 is 0 Å². The van der Waals surface area contributed by atoms with E-state index in [1.165, 1.54) is 12.8 Å². The number of piperidine rings is 1. The third-order valence-electron chi connectivity index (χ3n) is 4.39. The molecule has 1 aliphatic carbocycles. The Bertz CT molecular complexity index is 292. The first-order chi connectivity index (χ1) is 8.60. The van der Waals surface area contributed by atoms with Crippen LogP contribution >= 0.6 is 0 Å². The van der Waals surface area contributed by atoms with E-state index in [0.29, 0.717) is 12.0 Å². The molecule has 0 bridgehead atoms. The highest BCUT2D eigenvalue weighted by atomic mass is 16.3. The van der Waals surface area contributed by atoms with Crippen LogP contribution in [0, 0.1) is 11.8 Å². The van der Waals surface area contributed by atoms with Gasteiger partial charge in [0.25, 0.3) is 0 Å². The molecule has 4 heteroatoms. The van der Waals surface area contributed by atoms with E-state index in [0.717, 1.165) is 31.8 Å². The number of hydrogen-bond donors (Lipinski definition) is 2. The number of aliphatic hydroxyl groups excluding tert-OH is 1. The van der Waals surface area contributed by atoms with Gasteiger partial charge in [-0.2, -0.15) is 0 Å². The Morgan fingerprint density at radius 2 is 2.17 bits per heavy atom. The predicted octanol–water partition coefficient (Wildman–Crippen LogP) is 0.994. The predicted molar refractivity (Wildman–Crippen MR) is 71.2 cm³/mol. The third-order valence-corrected chi connectivity index (χ3v) is 4.39. The highest BCUT2D eigenvalue weighted by Crippen LogP contribution is 2.36. The van der Waals surface area contributed by atoms with Gasteiger partial charge in [-0.15, -0.1) is 0 Å². The molecule has 1 saturated carbocycles. The van der Waals surface area contributed by atoms with Gasteiger partial charge in [0.05, 0.1) is 0 Å². The van der Waals surface area contributed by atoms with Gasteiger partial charge in [-0.1, -0.05) is 0 Å². The molecule has 0 aromatic rings. The van der Waals surface area contributed by atoms with Crippen LogP contribution in [0.1, 0.15) is 39.5 Å². The fourth-order valence-electron chi connectivity index (χ4n) is 3.23. The van der Waals surface area contributed by atoms with Crippen LogP contribution in [0.3, 0.4) is 0 Å². The molecule has 1 aliphatic heterocycles. The van der Waals surface area contributed by atoms with Crippen LogP contribution in [0.5, 0.6) is 0 Å². The van der Waals surface area contributed by atoms with Gasteiger partial charge < -0.3 is 10.4 Å². The monoisotopic (exact) mass is 254 g/mol. The van der Waals surface area contributed by atoms with E-state index in [1.54, 1.807) is 6.92 Å². The first kappa shape index (κ1) is 13.8. The van der Waals surface area contributed by atoms with E-state index in [9.17, 15) is 4.79 Å². The number of carbonyl (C=O) groups is 1. The van der Waals surface area contributed by atoms with Crippen LogP contribution in [-0.4, -0.2) is 47.7 Å². The lowest BCUT2D eigenvalue weighted by Gasteiger charge is -2.41. The van der Waals surface area contributed by atoms with E-state index in [4.69, 9.17) is 5.11 Å². The van der Waals surface area contributed by atoms with Gasteiger partial charge in [0, 0.05) is 38.7 Å². The van der Waals surface area contributed by atoms with E-state index in [1.807, 2.05) is 0 Å². The Morgan fingerprint density at radius 1 is 1.44 bits per heavy atom. The van der Waals surface area contributed by atoms with Gasteiger partial charge in [0.2, 0.25) is 5.91 Å². The van der Waals surface area contributed by atoms with Crippen molar-refractivity contribution in [2.24, 2.45) is 11.8 Å². The van der Waals surface area contributed by atoms with Crippen LogP contribution in [0.25, 0.3) is 0 Å². The molecule has 0 spiro atoms. The van der Waals surface area contributed by atoms with Crippen molar-refractivity contribution in [3.8, 4) is 0 Å². The average Bonchev–Trinajstić information content (AvgIpc) is 3.11. The van der Waals surface area contributed by atoms with Crippen LogP contribution in [0.2, 0.25) is 0 Å². The zero-order valence-electron chi connectivity index (χ0n) is 11.6. The van der Waals surface area contributed by atoms with Crippen molar-refractivity contribution in [2.45, 2.75) is 51.6 Å². The fraction of sp³-hybridized carbons (Fsp3) is 0.929. The number of aliphatic hydroxyl groups is 1. The summed E-state index contributed by atoms with van der Waals surface area (Å²) in [5.41, 5.74) is 0. The molecular formula is C14H26N2O2. The molecule has 0 aromatic carbocycles. The number of nitrogens with zero attached hydrogens (tertiary/aromatic N) is 1. The summed E-state index contributed by atoms with van der Waals surface area (Å²) in [5.74, 6) is 1.43. The van der Waals surface area contributed by atoms with Gasteiger partial charge >= 0.3 is 0 Å². The second kappa shape index (κ2) is 6.02. The van der Waals surface area contributed by atoms with Gasteiger partial charge in [0.1, 0.15) is 0 Å². The Labute approximate surface area is 110 Å². The van der Waals surface area contributed by atoms with Crippen molar-refractivity contribution >= 4 is 5.91 Å². The number of nitrogens with one attached hydrogen (secondary N) is 1. The van der Waals surface area contributed by atoms with Crippen molar-refractivity contribution < 1.29 is 9.90 Å². The Morgan fingerprint density at radius 3 is 2.72 bits per heavy atom. The summed E-state index contributed by atoms with van der Waals surface area (Å²) in [6.07, 6.45) is 4.57. The minimum Gasteiger partial charge on any atom is -0.396 e. The minimum atomic E-state index is 0.0590. The molecule has 1 amide bonds. The van der Waals surface area contributed by atoms with Crippen molar-refractivity contribution in [2.75, 3.05) is 19.7 Å². The lowest BCUT2D eigenvalue weighted by atomic mass is 9.90. The van der Waals surface area contributed by atoms with E-state index in [2.05, 4.69) is 17.1 Å². The molecule has 1 saturated heterocycles. The maximum atomic E-state index is 11.2. The molecule has 3 unspecified atom stereocenters. The fourth-order valence-corrected chi connectivity index (χ4v) is 3.23. The Balaban J connectivity index is 1.93. The second-order valence-electron chi connectivity index (χ2n) is 6.04. The smallest absolute Gasteiger partial charge is 0.217 e. The Kier molecular flexibility index (Phi) is 4.62. The molecule has 3 atom stereocenters. The highest BCUT2D eigenvalue weighted by Gasteiger charge is 2.36. The number of rotatable bonds is 5. The molecule has 0 radical (unpaired) electrons. The molecule has 0 aromatic heterocycles. The van der Waals surface area contributed by atoms with Gasteiger partial charge in [-0.05, 0) is 44.4 Å². The summed E-state index contributed by atoms with van der Waals surface area (Å²) >= 11 is 0. The van der Waals surface area contributed by atoms with Crippen LogP contribution in [-0.2, 0) is 4.79 Å². The van der Waals surface area contributed by atoms with E-state index in [-0.39, 0.29) is 18.6 Å². The standard InChI is InChI=1S/C14H26N2O2/c1-10(13-3-4-13)16-8-12(5-6-17)7-14(9-16)15-11(2)18/h10,12-14,17H,3-9H2,1-2H3,(H,15,18). The summed E-state index contributed by atoms with van der Waals surface area (Å²) in [5, 5.41) is 12.2. The topological polar surface area (TPSA) is 52.6 Å². The number of likely N-dealkylation sites (tertiary alicyclic amines) is 1. The Hall–Kier alpha value is -0.610. The molecule has 18 heavy (non-hydrogen) atoms. The molecule has 2 rings (SSSR count). The van der Waals surface area contributed by atoms with Crippen LogP contribution < -0.4 is 5.32 Å². The first-order valence-electron chi connectivity index (χ1n) is 7.22. The van der Waals surface area contributed by atoms with Crippen LogP contribution in [0.4, 0.5) is 0 Å². The number of carbonyl (C=O) groups excluding carboxylic acids is 1. The van der Waals surface area contributed by atoms with E-state index < -0.39 is 0 Å². The number of hydrogen-bond acceptors (Lipinski definition) is 3. The lowest BCUT2D eigenvalue weighted by Crippen LogP contribution is -2.53. The third kappa shape index (κ3) is 3.69. The van der Waals surface area contributed by atoms with Gasteiger partial charge in [-0.25, -0.2) is 0 Å². The molecule has 4 nitrogen and oxygen atoms in total. The zero-order chi connectivity index (χ0) is 13.1. The highest BCUT2D eigenvalue weighted by molar-refractivity contribution is 5.73. The maximum Gasteiger partial charge on any atom is 0.217 e. The van der Waals surface area contributed by atoms with Crippen molar-refractivity contribution in [1.29, 1.82) is 0 Å². The summed E-state index contributed by atoms with van der Waals surface area (Å²) in [7, 11) is 0. The second-order valence-corrected chi connectivity index (χ2v) is 6.04. The summed E-state index contributed by atoms with van der Waals surface area (Å²) in [4.78, 5) is 13.7. The van der Waals surface area contributed by atoms with Crippen molar-refractivity contribution in [3.05, 3.63) is 0 Å². The SMILES string of the molecule is CC(=O)NC1CC(CCO)CN(C(C)C2CC2)C1. The maximum absolute atomic E-state index is 11.2. The molecule has 1 heterocycles. The zero-order valence-corrected chi connectivity index (χ0v) is 11.6. The van der Waals surface area contributed by atoms with Crippen LogP contribution in [0.15, 0.2) is 0 Å². The van der Waals surface area contributed by atoms with Gasteiger partial charge in [-0.3, -0.25) is 9.69 Å². The van der Waals surface area contributed by atoms with Crippen molar-refractivity contribution in [3.63, 3.8) is 0 Å². The quantitative estimate of drug-likeness (QED) is 0.769. The largest absolute Gasteiger partial charge is 0.396 e. The molecular weight excluding hydrogens is 228 g/mol. The van der Waals surface area contributed by atoms with Gasteiger partial charge in [0.15, 0.2) is 0 Å². The lowest BCUT2D eigenvalue weighted by molar-refractivity contribution is -0.120. The average molecular weight is 254 g/mol. The molecule has 104 valence electrons. The normalized spacial score (nSPS) is 31.1. The molecule has 2 fully saturated rings. The molecule has 2 N–H and O–H groups in total. The van der Waals surface area contributed by atoms with Crippen molar-refractivity contribution in [1.82, 2.24) is 10.2 Å². The first-order valence-corrected chi connectivity index (χ1v) is 7.22. The minimum absolute atomic E-state index is 0.0590. The summed E-state index contributed by atoms with van der Waals surface area (Å²) in [6, 6.07) is 0.886. The molecule has 2 aliphatic rings.